The van der Waals surface area contributed by atoms with Crippen molar-refractivity contribution < 1.29 is 42.1 Å². The number of carbonyl (C=O) groups excluding carboxylic acids is 2. The predicted octanol–water partition coefficient (Wildman–Crippen LogP) is 19.3. The quantitative estimate of drug-likeness (QED) is 0.0211. The molecule has 0 aliphatic heterocycles. The molecule has 0 saturated carbocycles. The molecule has 0 aromatic heterocycles. The average Bonchev–Trinajstić information content (AvgIpc) is 3.36. The van der Waals surface area contributed by atoms with Crippen LogP contribution in [0.4, 0.5) is 0 Å². The zero-order valence-corrected chi connectivity index (χ0v) is 49.7. The SMILES string of the molecule is CC/C=C\C/C=C\C/C=C\C/C=C\C/C=C\C/C=C\CCCCCCCCCCCCC(=O)OC(COC(=O)CCCCCCCCCCCCCCCCCCCCCCC)COP(=O)(O)OCC[N+](C)(C)C. The lowest BCUT2D eigenvalue weighted by molar-refractivity contribution is -0.870. The average molecular weight is 1060 g/mol. The largest absolute Gasteiger partial charge is 0.472 e. The fourth-order valence-corrected chi connectivity index (χ4v) is 9.29. The van der Waals surface area contributed by atoms with E-state index in [2.05, 4.69) is 86.8 Å². The Bertz CT molecular complexity index is 1480. The van der Waals surface area contributed by atoms with Gasteiger partial charge in [0.1, 0.15) is 19.8 Å². The standard InChI is InChI=1S/C64H116NO8P/c1-6-8-10-12-14-16-18-20-22-24-26-28-29-30-31-32-33-34-35-37-39-41-43-45-47-49-51-53-55-57-64(67)73-62(61-72-74(68,69)71-59-58-65(3,4)5)60-70-63(66)56-54-52-50-48-46-44-42-40-38-36-27-25-23-21-19-17-15-13-11-9-7-2/h8,10,14,16,20,22,26,28,30-31,33-34,62H,6-7,9,11-13,15,17-19,21,23-25,27,29,32,35-61H2,1-5H3/p+1/b10-8-,16-14-,22-20-,28-26-,31-30-,34-33-. The van der Waals surface area contributed by atoms with Crippen molar-refractivity contribution >= 4 is 19.8 Å². The molecule has 0 aliphatic carbocycles. The summed E-state index contributed by atoms with van der Waals surface area (Å²) < 4.78 is 34.6. The fourth-order valence-electron chi connectivity index (χ4n) is 8.55. The molecular weight excluding hydrogens is 942 g/mol. The number of unbranched alkanes of at least 4 members (excludes halogenated alkanes) is 30. The van der Waals surface area contributed by atoms with Crippen LogP contribution in [0.25, 0.3) is 0 Å². The molecule has 0 fully saturated rings. The van der Waals surface area contributed by atoms with Gasteiger partial charge in [0, 0.05) is 12.8 Å². The van der Waals surface area contributed by atoms with E-state index in [0.29, 0.717) is 17.4 Å². The Balaban J connectivity index is 4.14. The second-order valence-corrected chi connectivity index (χ2v) is 23.2. The van der Waals surface area contributed by atoms with E-state index in [9.17, 15) is 19.0 Å². The molecule has 2 unspecified atom stereocenters. The van der Waals surface area contributed by atoms with Gasteiger partial charge in [-0.25, -0.2) is 4.57 Å². The number of phosphoric ester groups is 1. The zero-order valence-electron chi connectivity index (χ0n) is 48.8. The molecular formula is C64H117NO8P+. The zero-order chi connectivity index (χ0) is 54.2. The van der Waals surface area contributed by atoms with Gasteiger partial charge in [-0.1, -0.05) is 267 Å². The molecule has 0 saturated heterocycles. The second kappa shape index (κ2) is 55.2. The van der Waals surface area contributed by atoms with E-state index in [1.807, 2.05) is 21.1 Å². The van der Waals surface area contributed by atoms with E-state index >= 15 is 0 Å². The molecule has 1 N–H and O–H groups in total. The van der Waals surface area contributed by atoms with Crippen LogP contribution in [0, 0.1) is 0 Å². The number of allylic oxidation sites excluding steroid dienone is 12. The van der Waals surface area contributed by atoms with E-state index in [1.165, 1.54) is 154 Å². The third kappa shape index (κ3) is 58.7. The van der Waals surface area contributed by atoms with Crippen molar-refractivity contribution in [1.29, 1.82) is 0 Å². The molecule has 0 radical (unpaired) electrons. The summed E-state index contributed by atoms with van der Waals surface area (Å²) in [5.41, 5.74) is 0. The highest BCUT2D eigenvalue weighted by atomic mass is 31.2. The van der Waals surface area contributed by atoms with Crippen molar-refractivity contribution in [3.05, 3.63) is 72.9 Å². The number of phosphoric acid groups is 1. The summed E-state index contributed by atoms with van der Waals surface area (Å²) in [5.74, 6) is -0.794. The molecule has 0 aromatic rings. The maximum Gasteiger partial charge on any atom is 0.472 e. The number of ether oxygens (including phenoxy) is 2. The van der Waals surface area contributed by atoms with E-state index in [1.54, 1.807) is 0 Å². The monoisotopic (exact) mass is 1060 g/mol. The van der Waals surface area contributed by atoms with Crippen LogP contribution in [0.3, 0.4) is 0 Å². The Morgan fingerprint density at radius 2 is 0.770 bits per heavy atom. The van der Waals surface area contributed by atoms with Gasteiger partial charge in [-0.2, -0.15) is 0 Å². The highest BCUT2D eigenvalue weighted by Crippen LogP contribution is 2.43. The Labute approximate surface area is 457 Å². The lowest BCUT2D eigenvalue weighted by Gasteiger charge is -2.24. The summed E-state index contributed by atoms with van der Waals surface area (Å²) in [6, 6.07) is 0. The summed E-state index contributed by atoms with van der Waals surface area (Å²) in [4.78, 5) is 35.7. The van der Waals surface area contributed by atoms with Crippen LogP contribution in [-0.4, -0.2) is 74.9 Å². The molecule has 9 nitrogen and oxygen atoms in total. The van der Waals surface area contributed by atoms with Crippen LogP contribution in [-0.2, 0) is 32.7 Å². The van der Waals surface area contributed by atoms with E-state index in [0.717, 1.165) is 83.5 Å². The Hall–Kier alpha value is -2.55. The van der Waals surface area contributed by atoms with Gasteiger partial charge in [-0.3, -0.25) is 18.6 Å². The number of hydrogen-bond acceptors (Lipinski definition) is 7. The second-order valence-electron chi connectivity index (χ2n) is 21.7. The molecule has 0 amide bonds. The number of hydrogen-bond donors (Lipinski definition) is 1. The van der Waals surface area contributed by atoms with Crippen LogP contribution in [0.5, 0.6) is 0 Å². The predicted molar refractivity (Wildman–Crippen MR) is 316 cm³/mol. The van der Waals surface area contributed by atoms with E-state index < -0.39 is 26.5 Å². The Kier molecular flexibility index (Phi) is 53.3. The van der Waals surface area contributed by atoms with Crippen molar-refractivity contribution in [2.24, 2.45) is 0 Å². The van der Waals surface area contributed by atoms with Crippen LogP contribution in [0.2, 0.25) is 0 Å². The Morgan fingerprint density at radius 1 is 0.432 bits per heavy atom. The van der Waals surface area contributed by atoms with Gasteiger partial charge in [0.05, 0.1) is 27.7 Å². The molecule has 0 rings (SSSR count). The first-order chi connectivity index (χ1) is 36.0. The smallest absolute Gasteiger partial charge is 0.462 e. The van der Waals surface area contributed by atoms with Crippen molar-refractivity contribution in [1.82, 2.24) is 0 Å². The van der Waals surface area contributed by atoms with Gasteiger partial charge in [0.2, 0.25) is 0 Å². The van der Waals surface area contributed by atoms with Crippen molar-refractivity contribution in [2.45, 2.75) is 277 Å². The number of likely N-dealkylation sites (N-methyl/N-ethyl adjacent to an activating group) is 1. The lowest BCUT2D eigenvalue weighted by Crippen LogP contribution is -2.37. The minimum absolute atomic E-state index is 0.0297. The first-order valence-corrected chi connectivity index (χ1v) is 32.2. The number of quaternary nitrogens is 1. The minimum Gasteiger partial charge on any atom is -0.462 e. The molecule has 0 aromatic carbocycles. The maximum absolute atomic E-state index is 12.8. The molecule has 2 atom stereocenters. The number of nitrogens with zero attached hydrogens (tertiary/aromatic N) is 1. The lowest BCUT2D eigenvalue weighted by atomic mass is 10.0. The molecule has 74 heavy (non-hydrogen) atoms. The molecule has 0 spiro atoms. The van der Waals surface area contributed by atoms with Crippen LogP contribution in [0.1, 0.15) is 271 Å². The minimum atomic E-state index is -4.39. The van der Waals surface area contributed by atoms with Gasteiger partial charge in [-0.15, -0.1) is 0 Å². The molecule has 0 aliphatic rings. The molecule has 0 heterocycles. The summed E-state index contributed by atoms with van der Waals surface area (Å²) in [7, 11) is 1.48. The first kappa shape index (κ1) is 71.5. The maximum atomic E-state index is 12.8. The third-order valence-electron chi connectivity index (χ3n) is 13.3. The number of rotatable bonds is 56. The normalized spacial score (nSPS) is 13.8. The van der Waals surface area contributed by atoms with Gasteiger partial charge in [0.15, 0.2) is 6.10 Å². The van der Waals surface area contributed by atoms with Crippen molar-refractivity contribution in [3.63, 3.8) is 0 Å². The topological polar surface area (TPSA) is 108 Å². The van der Waals surface area contributed by atoms with E-state index in [4.69, 9.17) is 18.5 Å². The molecule has 430 valence electrons. The first-order valence-electron chi connectivity index (χ1n) is 30.7. The van der Waals surface area contributed by atoms with Gasteiger partial charge >= 0.3 is 19.8 Å². The summed E-state index contributed by atoms with van der Waals surface area (Å²) >= 11 is 0. The fraction of sp³-hybridized carbons (Fsp3) is 0.781. The highest BCUT2D eigenvalue weighted by molar-refractivity contribution is 7.47. The van der Waals surface area contributed by atoms with Crippen LogP contribution in [0.15, 0.2) is 72.9 Å². The number of carbonyl (C=O) groups is 2. The summed E-state index contributed by atoms with van der Waals surface area (Å²) in [6.45, 7) is 4.35. The molecule has 0 bridgehead atoms. The van der Waals surface area contributed by atoms with Crippen molar-refractivity contribution in [3.8, 4) is 0 Å². The van der Waals surface area contributed by atoms with Gasteiger partial charge in [0.25, 0.3) is 0 Å². The van der Waals surface area contributed by atoms with Gasteiger partial charge < -0.3 is 18.9 Å². The van der Waals surface area contributed by atoms with Crippen LogP contribution < -0.4 is 0 Å². The molecule has 10 heteroatoms. The van der Waals surface area contributed by atoms with E-state index in [-0.39, 0.29) is 32.0 Å². The number of esters is 2. The summed E-state index contributed by atoms with van der Waals surface area (Å²) in [5, 5.41) is 0. The Morgan fingerprint density at radius 3 is 1.15 bits per heavy atom. The van der Waals surface area contributed by atoms with Crippen molar-refractivity contribution in [2.75, 3.05) is 47.5 Å². The summed E-state index contributed by atoms with van der Waals surface area (Å²) in [6.07, 6.45) is 72.6. The van der Waals surface area contributed by atoms with Gasteiger partial charge in [-0.05, 0) is 64.2 Å². The third-order valence-corrected chi connectivity index (χ3v) is 14.2. The highest BCUT2D eigenvalue weighted by Gasteiger charge is 2.27. The van der Waals surface area contributed by atoms with Crippen LogP contribution >= 0.6 is 7.82 Å².